The first-order valence-electron chi connectivity index (χ1n) is 7.99. The summed E-state index contributed by atoms with van der Waals surface area (Å²) in [5, 5.41) is 0. The summed E-state index contributed by atoms with van der Waals surface area (Å²) in [5.74, 6) is 1.24. The first-order chi connectivity index (χ1) is 11.2. The van der Waals surface area contributed by atoms with Gasteiger partial charge in [0.1, 0.15) is 5.60 Å². The van der Waals surface area contributed by atoms with Crippen molar-refractivity contribution in [3.63, 3.8) is 0 Å². The molecule has 2 rings (SSSR count). The van der Waals surface area contributed by atoms with Crippen molar-refractivity contribution in [2.45, 2.75) is 26.4 Å². The van der Waals surface area contributed by atoms with Crippen LogP contribution in [0.1, 0.15) is 20.8 Å². The third-order valence-corrected chi connectivity index (χ3v) is 3.80. The van der Waals surface area contributed by atoms with Crippen LogP contribution in [0.25, 0.3) is 0 Å². The molecule has 24 heavy (non-hydrogen) atoms. The fourth-order valence-corrected chi connectivity index (χ4v) is 2.61. The molecular weight excluding hydrogens is 310 g/mol. The highest BCUT2D eigenvalue weighted by Crippen LogP contribution is 2.37. The summed E-state index contributed by atoms with van der Waals surface area (Å²) in [5.41, 5.74) is 7.17. The van der Waals surface area contributed by atoms with Gasteiger partial charge in [-0.3, -0.25) is 0 Å². The van der Waals surface area contributed by atoms with Gasteiger partial charge in [-0.2, -0.15) is 0 Å². The number of piperazine rings is 1. The molecule has 0 aromatic heterocycles. The Balaban J connectivity index is 2.06. The molecule has 134 valence electrons. The summed E-state index contributed by atoms with van der Waals surface area (Å²) >= 11 is 0. The zero-order valence-corrected chi connectivity index (χ0v) is 15.1. The second-order valence-electron chi connectivity index (χ2n) is 6.72. The van der Waals surface area contributed by atoms with E-state index < -0.39 is 5.60 Å². The molecule has 0 bridgehead atoms. The Morgan fingerprint density at radius 3 is 2.08 bits per heavy atom. The Labute approximate surface area is 143 Å². The van der Waals surface area contributed by atoms with Gasteiger partial charge in [-0.25, -0.2) is 4.79 Å². The number of ether oxygens (including phenoxy) is 3. The van der Waals surface area contributed by atoms with Gasteiger partial charge in [-0.1, -0.05) is 0 Å². The van der Waals surface area contributed by atoms with Crippen LogP contribution in [0.15, 0.2) is 12.1 Å². The number of hydrogen-bond donors (Lipinski definition) is 1. The average molecular weight is 337 g/mol. The number of carbonyl (C=O) groups is 1. The van der Waals surface area contributed by atoms with Gasteiger partial charge in [-0.05, 0) is 20.8 Å². The van der Waals surface area contributed by atoms with E-state index in [1.54, 1.807) is 25.2 Å². The van der Waals surface area contributed by atoms with Crippen LogP contribution in [0.4, 0.5) is 16.2 Å². The van der Waals surface area contributed by atoms with Crippen LogP contribution in [0.3, 0.4) is 0 Å². The van der Waals surface area contributed by atoms with E-state index in [-0.39, 0.29) is 6.09 Å². The summed E-state index contributed by atoms with van der Waals surface area (Å²) in [6, 6.07) is 3.63. The molecule has 0 atom stereocenters. The smallest absolute Gasteiger partial charge is 0.410 e. The van der Waals surface area contributed by atoms with Gasteiger partial charge in [0, 0.05) is 38.3 Å². The van der Waals surface area contributed by atoms with Gasteiger partial charge in [0.15, 0.2) is 11.5 Å². The van der Waals surface area contributed by atoms with Crippen molar-refractivity contribution in [2.75, 3.05) is 51.0 Å². The van der Waals surface area contributed by atoms with E-state index in [4.69, 9.17) is 19.9 Å². The van der Waals surface area contributed by atoms with Crippen molar-refractivity contribution >= 4 is 17.5 Å². The number of nitrogen functional groups attached to an aromatic ring is 1. The van der Waals surface area contributed by atoms with Crippen LogP contribution in [0.2, 0.25) is 0 Å². The number of benzene rings is 1. The molecule has 7 heteroatoms. The average Bonchev–Trinajstić information content (AvgIpc) is 2.53. The lowest BCUT2D eigenvalue weighted by Crippen LogP contribution is -2.50. The van der Waals surface area contributed by atoms with E-state index in [1.165, 1.54) is 0 Å². The molecule has 0 aliphatic carbocycles. The molecule has 0 saturated carbocycles. The molecule has 0 radical (unpaired) electrons. The van der Waals surface area contributed by atoms with Crippen molar-refractivity contribution in [2.24, 2.45) is 0 Å². The van der Waals surface area contributed by atoms with Crippen molar-refractivity contribution in [3.8, 4) is 11.5 Å². The number of nitrogens with zero attached hydrogens (tertiary/aromatic N) is 2. The lowest BCUT2D eigenvalue weighted by Gasteiger charge is -2.37. The van der Waals surface area contributed by atoms with Gasteiger partial charge >= 0.3 is 6.09 Å². The van der Waals surface area contributed by atoms with Gasteiger partial charge in [0.25, 0.3) is 0 Å². The molecule has 1 aliphatic heterocycles. The van der Waals surface area contributed by atoms with E-state index in [0.717, 1.165) is 5.69 Å². The van der Waals surface area contributed by atoms with Crippen molar-refractivity contribution in [3.05, 3.63) is 12.1 Å². The van der Waals surface area contributed by atoms with Gasteiger partial charge in [-0.15, -0.1) is 0 Å². The third-order valence-electron chi connectivity index (χ3n) is 3.80. The van der Waals surface area contributed by atoms with Gasteiger partial charge in [0.2, 0.25) is 0 Å². The second-order valence-corrected chi connectivity index (χ2v) is 6.72. The van der Waals surface area contributed by atoms with Crippen molar-refractivity contribution in [1.82, 2.24) is 4.90 Å². The maximum atomic E-state index is 12.1. The molecule has 1 aliphatic rings. The maximum absolute atomic E-state index is 12.1. The van der Waals surface area contributed by atoms with E-state index in [1.807, 2.05) is 26.8 Å². The Hall–Kier alpha value is -2.31. The quantitative estimate of drug-likeness (QED) is 0.853. The monoisotopic (exact) mass is 337 g/mol. The van der Waals surface area contributed by atoms with E-state index in [0.29, 0.717) is 43.4 Å². The lowest BCUT2D eigenvalue weighted by molar-refractivity contribution is 0.0240. The van der Waals surface area contributed by atoms with Crippen LogP contribution >= 0.6 is 0 Å². The molecule has 0 unspecified atom stereocenters. The topological polar surface area (TPSA) is 77.3 Å². The molecule has 1 aromatic carbocycles. The SMILES string of the molecule is COc1cc(N)c(N2CCN(C(=O)OC(C)(C)C)CC2)cc1OC. The standard InChI is InChI=1S/C17H27N3O4/c1-17(2,3)24-16(21)20-8-6-19(7-9-20)13-11-15(23-5)14(22-4)10-12(13)18/h10-11H,6-9,18H2,1-5H3. The summed E-state index contributed by atoms with van der Waals surface area (Å²) < 4.78 is 16.0. The largest absolute Gasteiger partial charge is 0.493 e. The minimum absolute atomic E-state index is 0.276. The molecule has 1 saturated heterocycles. The van der Waals surface area contributed by atoms with Crippen molar-refractivity contribution in [1.29, 1.82) is 0 Å². The van der Waals surface area contributed by atoms with Crippen LogP contribution in [-0.4, -0.2) is 57.0 Å². The molecule has 2 N–H and O–H groups in total. The van der Waals surface area contributed by atoms with Crippen molar-refractivity contribution < 1.29 is 19.0 Å². The lowest BCUT2D eigenvalue weighted by atomic mass is 10.2. The Morgan fingerprint density at radius 2 is 1.58 bits per heavy atom. The van der Waals surface area contributed by atoms with E-state index >= 15 is 0 Å². The number of hydrogen-bond acceptors (Lipinski definition) is 6. The number of carbonyl (C=O) groups excluding carboxylic acids is 1. The highest BCUT2D eigenvalue weighted by atomic mass is 16.6. The predicted octanol–water partition coefficient (Wildman–Crippen LogP) is 2.34. The van der Waals surface area contributed by atoms with Crippen LogP contribution in [0.5, 0.6) is 11.5 Å². The number of nitrogens with two attached hydrogens (primary N) is 1. The molecule has 1 aromatic rings. The van der Waals surface area contributed by atoms with Gasteiger partial charge in [0.05, 0.1) is 25.6 Å². The molecule has 1 amide bonds. The zero-order chi connectivity index (χ0) is 17.9. The number of rotatable bonds is 3. The van der Waals surface area contributed by atoms with Crippen LogP contribution in [0, 0.1) is 0 Å². The Bertz CT molecular complexity index is 590. The number of methoxy groups -OCH3 is 2. The summed E-state index contributed by atoms with van der Waals surface area (Å²) in [6.07, 6.45) is -0.276. The third kappa shape index (κ3) is 4.15. The molecular formula is C17H27N3O4. The fourth-order valence-electron chi connectivity index (χ4n) is 2.61. The molecule has 7 nitrogen and oxygen atoms in total. The molecule has 0 spiro atoms. The Kier molecular flexibility index (Phi) is 5.31. The first-order valence-corrected chi connectivity index (χ1v) is 7.99. The normalized spacial score (nSPS) is 15.2. The highest BCUT2D eigenvalue weighted by Gasteiger charge is 2.27. The number of amides is 1. The predicted molar refractivity (Wildman–Crippen MR) is 94.0 cm³/mol. The summed E-state index contributed by atoms with van der Waals surface area (Å²) in [6.45, 7) is 8.13. The fraction of sp³-hybridized carbons (Fsp3) is 0.588. The number of anilines is 2. The minimum atomic E-state index is -0.484. The van der Waals surface area contributed by atoms with E-state index in [2.05, 4.69) is 4.90 Å². The maximum Gasteiger partial charge on any atom is 0.410 e. The highest BCUT2D eigenvalue weighted by molar-refractivity contribution is 5.74. The van der Waals surface area contributed by atoms with Gasteiger partial charge < -0.3 is 29.7 Å². The van der Waals surface area contributed by atoms with E-state index in [9.17, 15) is 4.79 Å². The minimum Gasteiger partial charge on any atom is -0.493 e. The summed E-state index contributed by atoms with van der Waals surface area (Å²) in [7, 11) is 3.18. The zero-order valence-electron chi connectivity index (χ0n) is 15.1. The second kappa shape index (κ2) is 7.07. The van der Waals surface area contributed by atoms with Crippen LogP contribution < -0.4 is 20.1 Å². The van der Waals surface area contributed by atoms with Crippen LogP contribution in [-0.2, 0) is 4.74 Å². The Morgan fingerprint density at radius 1 is 1.04 bits per heavy atom. The molecule has 1 heterocycles. The molecule has 1 fully saturated rings. The summed E-state index contributed by atoms with van der Waals surface area (Å²) in [4.78, 5) is 16.0. The first kappa shape index (κ1) is 18.0.